The summed E-state index contributed by atoms with van der Waals surface area (Å²) in [5.41, 5.74) is -1.06. The van der Waals surface area contributed by atoms with Crippen LogP contribution in [0.2, 0.25) is 0 Å². The van der Waals surface area contributed by atoms with Gasteiger partial charge in [-0.1, -0.05) is 0 Å². The second-order valence-corrected chi connectivity index (χ2v) is 4.32. The van der Waals surface area contributed by atoms with Crippen LogP contribution in [-0.2, 0) is 14.3 Å². The molecule has 1 atom stereocenters. The van der Waals surface area contributed by atoms with Gasteiger partial charge in [0.05, 0.1) is 12.2 Å². The Kier molecular flexibility index (Phi) is 4.10. The number of hydrogen-bond donors (Lipinski definition) is 0. The second kappa shape index (κ2) is 5.13. The third-order valence-corrected chi connectivity index (χ3v) is 2.46. The molecule has 0 aromatic heterocycles. The molecule has 1 aliphatic heterocycles. The van der Waals surface area contributed by atoms with Gasteiger partial charge in [0.25, 0.3) is 0 Å². The first-order valence-corrected chi connectivity index (χ1v) is 5.26. The van der Waals surface area contributed by atoms with Crippen LogP contribution in [0.4, 0.5) is 0 Å². The standard InChI is InChI=1S/C11H17NO3/c1-11(2,8-12)10(13)15-7-9-5-3-4-6-14-9/h9H,3-7H2,1-2H3. The van der Waals surface area contributed by atoms with Crippen molar-refractivity contribution in [1.82, 2.24) is 0 Å². The van der Waals surface area contributed by atoms with Crippen LogP contribution in [0.3, 0.4) is 0 Å². The van der Waals surface area contributed by atoms with Crippen molar-refractivity contribution in [3.8, 4) is 6.07 Å². The zero-order chi connectivity index (χ0) is 11.3. The predicted octanol–water partition coefficient (Wildman–Crippen LogP) is 1.65. The van der Waals surface area contributed by atoms with Gasteiger partial charge in [0.2, 0.25) is 0 Å². The summed E-state index contributed by atoms with van der Waals surface area (Å²) in [5, 5.41) is 8.72. The summed E-state index contributed by atoms with van der Waals surface area (Å²) in [6.07, 6.45) is 3.13. The Morgan fingerprint density at radius 2 is 2.33 bits per heavy atom. The van der Waals surface area contributed by atoms with E-state index in [-0.39, 0.29) is 12.7 Å². The van der Waals surface area contributed by atoms with Crippen molar-refractivity contribution in [3.63, 3.8) is 0 Å². The molecule has 4 heteroatoms. The van der Waals surface area contributed by atoms with Gasteiger partial charge in [0.15, 0.2) is 0 Å². The van der Waals surface area contributed by atoms with Crippen LogP contribution in [-0.4, -0.2) is 25.3 Å². The summed E-state index contributed by atoms with van der Waals surface area (Å²) in [6, 6.07) is 1.91. The van der Waals surface area contributed by atoms with Crippen LogP contribution in [0.5, 0.6) is 0 Å². The molecule has 0 bridgehead atoms. The van der Waals surface area contributed by atoms with Crippen LogP contribution in [0.25, 0.3) is 0 Å². The molecule has 1 rings (SSSR count). The first-order chi connectivity index (χ1) is 7.06. The summed E-state index contributed by atoms with van der Waals surface area (Å²) in [4.78, 5) is 11.4. The fourth-order valence-electron chi connectivity index (χ4n) is 1.33. The van der Waals surface area contributed by atoms with Gasteiger partial charge in [0, 0.05) is 6.61 Å². The third kappa shape index (κ3) is 3.52. The molecule has 84 valence electrons. The lowest BCUT2D eigenvalue weighted by molar-refractivity contribution is -0.156. The Bertz CT molecular complexity index is 261. The summed E-state index contributed by atoms with van der Waals surface area (Å²) in [6.45, 7) is 4.11. The molecule has 0 aliphatic carbocycles. The minimum absolute atomic E-state index is 0.0113. The number of carbonyl (C=O) groups is 1. The summed E-state index contributed by atoms with van der Waals surface area (Å²) in [5.74, 6) is -0.473. The molecule has 0 radical (unpaired) electrons. The second-order valence-electron chi connectivity index (χ2n) is 4.32. The van der Waals surface area contributed by atoms with Crippen molar-refractivity contribution in [2.45, 2.75) is 39.2 Å². The third-order valence-electron chi connectivity index (χ3n) is 2.46. The van der Waals surface area contributed by atoms with Gasteiger partial charge in [-0.15, -0.1) is 0 Å². The topological polar surface area (TPSA) is 59.3 Å². The Morgan fingerprint density at radius 1 is 1.60 bits per heavy atom. The van der Waals surface area contributed by atoms with E-state index in [1.165, 1.54) is 0 Å². The normalized spacial score (nSPS) is 21.8. The number of carbonyl (C=O) groups excluding carboxylic acids is 1. The Balaban J connectivity index is 2.30. The lowest BCUT2D eigenvalue weighted by Gasteiger charge is -2.23. The van der Waals surface area contributed by atoms with Crippen LogP contribution >= 0.6 is 0 Å². The Labute approximate surface area is 90.2 Å². The van der Waals surface area contributed by atoms with Crippen molar-refractivity contribution in [1.29, 1.82) is 5.26 Å². The van der Waals surface area contributed by atoms with E-state index in [9.17, 15) is 4.79 Å². The van der Waals surface area contributed by atoms with Crippen molar-refractivity contribution < 1.29 is 14.3 Å². The summed E-state index contributed by atoms with van der Waals surface area (Å²) in [7, 11) is 0. The number of nitrogens with zero attached hydrogens (tertiary/aromatic N) is 1. The summed E-state index contributed by atoms with van der Waals surface area (Å²) < 4.78 is 10.5. The molecule has 0 saturated carbocycles. The van der Waals surface area contributed by atoms with E-state index in [1.54, 1.807) is 13.8 Å². The molecule has 0 aromatic rings. The fraction of sp³-hybridized carbons (Fsp3) is 0.818. The first-order valence-electron chi connectivity index (χ1n) is 5.26. The maximum atomic E-state index is 11.4. The van der Waals surface area contributed by atoms with E-state index in [4.69, 9.17) is 14.7 Å². The molecule has 4 nitrogen and oxygen atoms in total. The minimum Gasteiger partial charge on any atom is -0.462 e. The number of rotatable bonds is 3. The molecule has 1 heterocycles. The average Bonchev–Trinajstić information content (AvgIpc) is 2.27. The SMILES string of the molecule is CC(C)(C#N)C(=O)OCC1CCCCO1. The highest BCUT2D eigenvalue weighted by Gasteiger charge is 2.30. The number of nitriles is 1. The van der Waals surface area contributed by atoms with E-state index >= 15 is 0 Å². The Hall–Kier alpha value is -1.08. The lowest BCUT2D eigenvalue weighted by atomic mass is 9.96. The average molecular weight is 211 g/mol. The molecule has 0 spiro atoms. The van der Waals surface area contributed by atoms with E-state index in [0.29, 0.717) is 0 Å². The maximum absolute atomic E-state index is 11.4. The monoisotopic (exact) mass is 211 g/mol. The highest BCUT2D eigenvalue weighted by Crippen LogP contribution is 2.17. The van der Waals surface area contributed by atoms with Gasteiger partial charge in [0.1, 0.15) is 12.0 Å². The van der Waals surface area contributed by atoms with Crippen LogP contribution in [0.15, 0.2) is 0 Å². The molecule has 0 amide bonds. The highest BCUT2D eigenvalue weighted by atomic mass is 16.6. The van der Waals surface area contributed by atoms with Gasteiger partial charge >= 0.3 is 5.97 Å². The maximum Gasteiger partial charge on any atom is 0.325 e. The predicted molar refractivity (Wildman–Crippen MR) is 53.9 cm³/mol. The highest BCUT2D eigenvalue weighted by molar-refractivity contribution is 5.78. The Morgan fingerprint density at radius 3 is 2.87 bits per heavy atom. The van der Waals surface area contributed by atoms with E-state index < -0.39 is 11.4 Å². The number of ether oxygens (including phenoxy) is 2. The number of hydrogen-bond acceptors (Lipinski definition) is 4. The largest absolute Gasteiger partial charge is 0.462 e. The molecule has 1 saturated heterocycles. The van der Waals surface area contributed by atoms with Crippen LogP contribution in [0, 0.1) is 16.7 Å². The van der Waals surface area contributed by atoms with E-state index in [2.05, 4.69) is 0 Å². The van der Waals surface area contributed by atoms with Crippen molar-refractivity contribution in [3.05, 3.63) is 0 Å². The molecule has 1 fully saturated rings. The molecule has 15 heavy (non-hydrogen) atoms. The zero-order valence-corrected chi connectivity index (χ0v) is 9.28. The van der Waals surface area contributed by atoms with Crippen LogP contribution in [0.1, 0.15) is 33.1 Å². The molecule has 0 N–H and O–H groups in total. The summed E-state index contributed by atoms with van der Waals surface area (Å²) >= 11 is 0. The zero-order valence-electron chi connectivity index (χ0n) is 9.28. The van der Waals surface area contributed by atoms with Crippen molar-refractivity contribution in [2.24, 2.45) is 5.41 Å². The van der Waals surface area contributed by atoms with Gasteiger partial charge in [-0.25, -0.2) is 0 Å². The van der Waals surface area contributed by atoms with E-state index in [1.807, 2.05) is 6.07 Å². The fourth-order valence-corrected chi connectivity index (χ4v) is 1.33. The van der Waals surface area contributed by atoms with Crippen molar-refractivity contribution >= 4 is 5.97 Å². The van der Waals surface area contributed by atoms with Gasteiger partial charge in [-0.2, -0.15) is 5.26 Å². The van der Waals surface area contributed by atoms with Gasteiger partial charge in [-0.05, 0) is 33.1 Å². The smallest absolute Gasteiger partial charge is 0.325 e. The minimum atomic E-state index is -1.06. The molecular formula is C11H17NO3. The molecule has 1 aliphatic rings. The molecule has 0 aromatic carbocycles. The number of esters is 1. The molecular weight excluding hydrogens is 194 g/mol. The molecule has 1 unspecified atom stereocenters. The van der Waals surface area contributed by atoms with Crippen LogP contribution < -0.4 is 0 Å². The lowest BCUT2D eigenvalue weighted by Crippen LogP contribution is -2.31. The van der Waals surface area contributed by atoms with Gasteiger partial charge < -0.3 is 9.47 Å². The van der Waals surface area contributed by atoms with Crippen molar-refractivity contribution in [2.75, 3.05) is 13.2 Å². The van der Waals surface area contributed by atoms with E-state index in [0.717, 1.165) is 25.9 Å². The van der Waals surface area contributed by atoms with Gasteiger partial charge in [-0.3, -0.25) is 4.79 Å². The first kappa shape index (κ1) is 12.0. The quantitative estimate of drug-likeness (QED) is 0.666.